The Bertz CT molecular complexity index is 264. The Balaban J connectivity index is 3.07. The number of hydrogen-bond donors (Lipinski definition) is 1. The normalized spacial score (nSPS) is 12.9. The molecule has 0 spiro atoms. The van der Waals surface area contributed by atoms with E-state index in [2.05, 4.69) is 0 Å². The van der Waals surface area contributed by atoms with Gasteiger partial charge in [0.25, 0.3) is 0 Å². The van der Waals surface area contributed by atoms with E-state index in [9.17, 15) is 4.21 Å². The molecule has 0 aliphatic heterocycles. The Hall–Kier alpha value is -0.540. The summed E-state index contributed by atoms with van der Waals surface area (Å²) in [5.74, 6) is 0. The Kier molecular flexibility index (Phi) is 2.29. The van der Waals surface area contributed by atoms with Crippen LogP contribution in [0.5, 0.6) is 0 Å². The van der Waals surface area contributed by atoms with E-state index in [0.717, 1.165) is 0 Å². The molecule has 0 saturated heterocycles. The average Bonchev–Trinajstić information content (AvgIpc) is 1.88. The number of halogens is 1. The van der Waals surface area contributed by atoms with Crippen LogP contribution in [0.15, 0.2) is 29.2 Å². The molecule has 0 saturated carbocycles. The summed E-state index contributed by atoms with van der Waals surface area (Å²) < 4.78 is 10.6. The van der Waals surface area contributed by atoms with Crippen LogP contribution < -0.4 is 5.73 Å². The lowest BCUT2D eigenvalue weighted by molar-refractivity contribution is 0.691. The van der Waals surface area contributed by atoms with E-state index < -0.39 is 10.0 Å². The number of nitrogen functional groups attached to an aromatic ring is 1. The summed E-state index contributed by atoms with van der Waals surface area (Å²) in [4.78, 5) is 0.543. The van der Waals surface area contributed by atoms with Gasteiger partial charge in [-0.2, -0.15) is 0 Å². The molecule has 1 rings (SSSR count). The summed E-state index contributed by atoms with van der Waals surface area (Å²) >= 11 is 0. The zero-order chi connectivity index (χ0) is 7.56. The van der Waals surface area contributed by atoms with Crippen LogP contribution in [0.3, 0.4) is 0 Å². The Morgan fingerprint density at radius 2 is 2.20 bits per heavy atom. The molecule has 0 aliphatic rings. The standard InChI is InChI=1S/C6H6ClNOS/c7-10(9)6-3-1-2-5(8)4-6/h1-4H,8H2. The maximum absolute atomic E-state index is 10.6. The van der Waals surface area contributed by atoms with Gasteiger partial charge in [-0.3, -0.25) is 0 Å². The quantitative estimate of drug-likeness (QED) is 0.520. The molecule has 1 aromatic rings. The average molecular weight is 176 g/mol. The first-order chi connectivity index (χ1) is 4.70. The predicted molar refractivity (Wildman–Crippen MR) is 43.1 cm³/mol. The van der Waals surface area contributed by atoms with Crippen molar-refractivity contribution in [1.29, 1.82) is 0 Å². The van der Waals surface area contributed by atoms with Gasteiger partial charge in [0.05, 0.1) is 4.90 Å². The molecule has 0 heterocycles. The third-order valence-corrected chi connectivity index (χ3v) is 2.20. The van der Waals surface area contributed by atoms with Crippen LogP contribution in [0, 0.1) is 0 Å². The highest BCUT2D eigenvalue weighted by Gasteiger charge is 1.97. The second kappa shape index (κ2) is 3.03. The third kappa shape index (κ3) is 1.72. The molecule has 54 valence electrons. The molecular weight excluding hydrogens is 170 g/mol. The lowest BCUT2D eigenvalue weighted by atomic mass is 10.3. The van der Waals surface area contributed by atoms with Crippen molar-refractivity contribution in [3.05, 3.63) is 24.3 Å². The molecule has 2 nitrogen and oxygen atoms in total. The maximum Gasteiger partial charge on any atom is 0.147 e. The van der Waals surface area contributed by atoms with E-state index in [1.165, 1.54) is 0 Å². The molecule has 1 unspecified atom stereocenters. The van der Waals surface area contributed by atoms with E-state index in [-0.39, 0.29) is 0 Å². The van der Waals surface area contributed by atoms with E-state index in [1.54, 1.807) is 24.3 Å². The van der Waals surface area contributed by atoms with Gasteiger partial charge in [0, 0.05) is 5.69 Å². The van der Waals surface area contributed by atoms with Gasteiger partial charge in [0.15, 0.2) is 0 Å². The van der Waals surface area contributed by atoms with Crippen LogP contribution in [0.4, 0.5) is 5.69 Å². The van der Waals surface area contributed by atoms with Gasteiger partial charge in [-0.15, -0.1) is 0 Å². The zero-order valence-corrected chi connectivity index (χ0v) is 6.65. The number of hydrogen-bond acceptors (Lipinski definition) is 2. The first-order valence-corrected chi connectivity index (χ1v) is 4.61. The van der Waals surface area contributed by atoms with Crippen molar-refractivity contribution in [2.24, 2.45) is 0 Å². The van der Waals surface area contributed by atoms with Crippen LogP contribution in [0.2, 0.25) is 0 Å². The maximum atomic E-state index is 10.6. The first-order valence-electron chi connectivity index (χ1n) is 2.64. The monoisotopic (exact) mass is 175 g/mol. The Morgan fingerprint density at radius 1 is 1.50 bits per heavy atom. The summed E-state index contributed by atoms with van der Waals surface area (Å²) in [6, 6.07) is 6.68. The van der Waals surface area contributed by atoms with Gasteiger partial charge in [0.2, 0.25) is 0 Å². The highest BCUT2D eigenvalue weighted by molar-refractivity contribution is 8.08. The van der Waals surface area contributed by atoms with Crippen molar-refractivity contribution >= 4 is 26.4 Å². The molecule has 0 radical (unpaired) electrons. The van der Waals surface area contributed by atoms with E-state index in [1.807, 2.05) is 0 Å². The molecular formula is C6H6ClNOS. The van der Waals surface area contributed by atoms with Crippen LogP contribution in [0.1, 0.15) is 0 Å². The van der Waals surface area contributed by atoms with Crippen LogP contribution in [0.25, 0.3) is 0 Å². The van der Waals surface area contributed by atoms with Crippen molar-refractivity contribution in [3.8, 4) is 0 Å². The molecule has 0 amide bonds. The van der Waals surface area contributed by atoms with Gasteiger partial charge in [-0.1, -0.05) is 6.07 Å². The van der Waals surface area contributed by atoms with Crippen molar-refractivity contribution in [1.82, 2.24) is 0 Å². The topological polar surface area (TPSA) is 43.1 Å². The largest absolute Gasteiger partial charge is 0.399 e. The summed E-state index contributed by atoms with van der Waals surface area (Å²) in [6.45, 7) is 0. The number of anilines is 1. The van der Waals surface area contributed by atoms with E-state index in [0.29, 0.717) is 10.6 Å². The lowest BCUT2D eigenvalue weighted by Crippen LogP contribution is -1.86. The van der Waals surface area contributed by atoms with E-state index >= 15 is 0 Å². The third-order valence-electron chi connectivity index (χ3n) is 1.04. The minimum atomic E-state index is -1.45. The fourth-order valence-corrected chi connectivity index (χ4v) is 1.32. The highest BCUT2D eigenvalue weighted by atomic mass is 35.7. The van der Waals surface area contributed by atoms with Gasteiger partial charge in [-0.05, 0) is 28.9 Å². The second-order valence-corrected chi connectivity index (χ2v) is 3.56. The first kappa shape index (κ1) is 7.57. The molecule has 1 aromatic carbocycles. The second-order valence-electron chi connectivity index (χ2n) is 1.80. The Labute approximate surface area is 66.0 Å². The molecule has 10 heavy (non-hydrogen) atoms. The van der Waals surface area contributed by atoms with Crippen molar-refractivity contribution < 1.29 is 4.21 Å². The van der Waals surface area contributed by atoms with Crippen LogP contribution in [-0.4, -0.2) is 4.21 Å². The van der Waals surface area contributed by atoms with Gasteiger partial charge < -0.3 is 5.73 Å². The minimum absolute atomic E-state index is 0.543. The molecule has 2 N–H and O–H groups in total. The number of nitrogens with two attached hydrogens (primary N) is 1. The summed E-state index contributed by atoms with van der Waals surface area (Å²) in [7, 11) is 3.84. The van der Waals surface area contributed by atoms with Gasteiger partial charge >= 0.3 is 0 Å². The minimum Gasteiger partial charge on any atom is -0.399 e. The fourth-order valence-electron chi connectivity index (χ4n) is 0.614. The van der Waals surface area contributed by atoms with E-state index in [4.69, 9.17) is 16.4 Å². The molecule has 0 bridgehead atoms. The SMILES string of the molecule is Nc1cccc(S(=O)Cl)c1. The molecule has 0 fully saturated rings. The van der Waals surface area contributed by atoms with Crippen molar-refractivity contribution in [3.63, 3.8) is 0 Å². The molecule has 0 aliphatic carbocycles. The van der Waals surface area contributed by atoms with Crippen LogP contribution >= 0.6 is 10.7 Å². The molecule has 0 aromatic heterocycles. The summed E-state index contributed by atoms with van der Waals surface area (Å²) in [5.41, 5.74) is 5.98. The van der Waals surface area contributed by atoms with Crippen molar-refractivity contribution in [2.45, 2.75) is 4.90 Å². The van der Waals surface area contributed by atoms with Gasteiger partial charge in [0.1, 0.15) is 10.0 Å². The lowest BCUT2D eigenvalue weighted by Gasteiger charge is -1.94. The summed E-state index contributed by atoms with van der Waals surface area (Å²) in [6.07, 6.45) is 0. The number of benzene rings is 1. The number of rotatable bonds is 1. The van der Waals surface area contributed by atoms with Gasteiger partial charge in [-0.25, -0.2) is 4.21 Å². The van der Waals surface area contributed by atoms with Crippen molar-refractivity contribution in [2.75, 3.05) is 5.73 Å². The fraction of sp³-hybridized carbons (Fsp3) is 0. The highest BCUT2D eigenvalue weighted by Crippen LogP contribution is 2.12. The molecule has 4 heteroatoms. The Morgan fingerprint density at radius 3 is 2.60 bits per heavy atom. The van der Waals surface area contributed by atoms with Crippen LogP contribution in [-0.2, 0) is 10.0 Å². The predicted octanol–water partition coefficient (Wildman–Crippen LogP) is 1.53. The summed E-state index contributed by atoms with van der Waals surface area (Å²) in [5, 5.41) is 0. The zero-order valence-electron chi connectivity index (χ0n) is 5.08. The molecule has 1 atom stereocenters. The smallest absolute Gasteiger partial charge is 0.147 e.